The smallest absolute Gasteiger partial charge is 0.266 e. The van der Waals surface area contributed by atoms with Crippen LogP contribution in [0.15, 0.2) is 24.4 Å². The number of carbonyl (C=O) groups is 2. The van der Waals surface area contributed by atoms with Crippen molar-refractivity contribution in [3.05, 3.63) is 35.7 Å². The fourth-order valence-electron chi connectivity index (χ4n) is 2.73. The summed E-state index contributed by atoms with van der Waals surface area (Å²) < 4.78 is 1.61. The molecule has 1 amide bonds. The molecule has 1 fully saturated rings. The maximum atomic E-state index is 12.4. The van der Waals surface area contributed by atoms with Crippen molar-refractivity contribution in [1.29, 1.82) is 0 Å². The van der Waals surface area contributed by atoms with Gasteiger partial charge in [-0.3, -0.25) is 14.2 Å². The number of nitrogens with one attached hydrogen (secondary N) is 1. The summed E-state index contributed by atoms with van der Waals surface area (Å²) in [6.45, 7) is 1.43. The molecule has 100 valence electrons. The summed E-state index contributed by atoms with van der Waals surface area (Å²) in [4.78, 5) is 28.3. The number of hydrogen-bond acceptors (Lipinski definition) is 3. The molecule has 5 heteroatoms. The Balaban J connectivity index is 1.96. The first-order chi connectivity index (χ1) is 9.65. The number of nitrogens with zero attached hydrogens (tertiary/aromatic N) is 2. The van der Waals surface area contributed by atoms with Gasteiger partial charge in [-0.2, -0.15) is 0 Å². The topological polar surface area (TPSA) is 64.0 Å². The first-order valence-electron chi connectivity index (χ1n) is 6.70. The second kappa shape index (κ2) is 3.79. The number of rotatable bonds is 2. The SMILES string of the molecule is CC(=O)Nc1nc(C2CC2)cc2c1C(=O)n1cccc1-2. The molecule has 0 unspecified atom stereocenters. The van der Waals surface area contributed by atoms with Crippen LogP contribution in [0.5, 0.6) is 0 Å². The molecular weight excluding hydrogens is 254 g/mol. The van der Waals surface area contributed by atoms with Crippen LogP contribution in [0.1, 0.15) is 41.7 Å². The van der Waals surface area contributed by atoms with E-state index in [-0.39, 0.29) is 11.8 Å². The molecule has 20 heavy (non-hydrogen) atoms. The first kappa shape index (κ1) is 11.4. The lowest BCUT2D eigenvalue weighted by molar-refractivity contribution is -0.114. The van der Waals surface area contributed by atoms with Gasteiger partial charge in [0, 0.05) is 30.3 Å². The summed E-state index contributed by atoms with van der Waals surface area (Å²) in [6.07, 6.45) is 3.99. The third-order valence-corrected chi connectivity index (χ3v) is 3.79. The zero-order chi connectivity index (χ0) is 13.9. The Morgan fingerprint density at radius 2 is 2.25 bits per heavy atom. The molecule has 4 rings (SSSR count). The lowest BCUT2D eigenvalue weighted by Crippen LogP contribution is -2.14. The lowest BCUT2D eigenvalue weighted by Gasteiger charge is -2.09. The maximum Gasteiger partial charge on any atom is 0.266 e. The van der Waals surface area contributed by atoms with Crippen LogP contribution in [0, 0.1) is 0 Å². The van der Waals surface area contributed by atoms with Gasteiger partial charge in [-0.1, -0.05) is 0 Å². The van der Waals surface area contributed by atoms with E-state index in [9.17, 15) is 9.59 Å². The fraction of sp³-hybridized carbons (Fsp3) is 0.267. The number of fused-ring (bicyclic) bond motifs is 3. The largest absolute Gasteiger partial charge is 0.310 e. The van der Waals surface area contributed by atoms with Crippen molar-refractivity contribution in [2.75, 3.05) is 5.32 Å². The Morgan fingerprint density at radius 1 is 1.45 bits per heavy atom. The minimum Gasteiger partial charge on any atom is -0.310 e. The molecular formula is C15H13N3O2. The van der Waals surface area contributed by atoms with Crippen LogP contribution >= 0.6 is 0 Å². The molecule has 0 atom stereocenters. The Kier molecular flexibility index (Phi) is 2.16. The van der Waals surface area contributed by atoms with E-state index in [0.29, 0.717) is 17.3 Å². The molecule has 1 aliphatic carbocycles. The van der Waals surface area contributed by atoms with E-state index in [0.717, 1.165) is 29.8 Å². The predicted octanol–water partition coefficient (Wildman–Crippen LogP) is 2.39. The van der Waals surface area contributed by atoms with E-state index >= 15 is 0 Å². The summed E-state index contributed by atoms with van der Waals surface area (Å²) in [5.41, 5.74) is 3.22. The number of pyridine rings is 1. The Labute approximate surface area is 115 Å². The number of anilines is 1. The molecule has 1 N–H and O–H groups in total. The van der Waals surface area contributed by atoms with Crippen molar-refractivity contribution in [3.63, 3.8) is 0 Å². The van der Waals surface area contributed by atoms with Gasteiger partial charge >= 0.3 is 0 Å². The van der Waals surface area contributed by atoms with Crippen molar-refractivity contribution in [3.8, 4) is 11.3 Å². The first-order valence-corrected chi connectivity index (χ1v) is 6.70. The highest BCUT2D eigenvalue weighted by atomic mass is 16.2. The predicted molar refractivity (Wildman–Crippen MR) is 73.7 cm³/mol. The fourth-order valence-corrected chi connectivity index (χ4v) is 2.73. The number of aromatic nitrogens is 2. The highest BCUT2D eigenvalue weighted by molar-refractivity contribution is 6.13. The maximum absolute atomic E-state index is 12.4. The Hall–Kier alpha value is -2.43. The second-order valence-corrected chi connectivity index (χ2v) is 5.34. The van der Waals surface area contributed by atoms with Crippen LogP contribution < -0.4 is 5.32 Å². The van der Waals surface area contributed by atoms with E-state index in [1.54, 1.807) is 10.8 Å². The molecule has 0 spiro atoms. The highest BCUT2D eigenvalue weighted by Gasteiger charge is 2.33. The number of hydrogen-bond donors (Lipinski definition) is 1. The molecule has 2 aromatic heterocycles. The van der Waals surface area contributed by atoms with Crippen LogP contribution in [0.2, 0.25) is 0 Å². The molecule has 2 aromatic rings. The van der Waals surface area contributed by atoms with E-state index in [1.165, 1.54) is 6.92 Å². The minimum absolute atomic E-state index is 0.126. The normalized spacial score (nSPS) is 15.9. The molecule has 0 aromatic carbocycles. The van der Waals surface area contributed by atoms with Gasteiger partial charge in [0.05, 0.1) is 11.3 Å². The van der Waals surface area contributed by atoms with Crippen LogP contribution in [0.3, 0.4) is 0 Å². The summed E-state index contributed by atoms with van der Waals surface area (Å²) in [5, 5.41) is 2.70. The van der Waals surface area contributed by atoms with Crippen molar-refractivity contribution in [2.24, 2.45) is 0 Å². The minimum atomic E-state index is -0.211. The quantitative estimate of drug-likeness (QED) is 0.775. The molecule has 0 saturated heterocycles. The Morgan fingerprint density at radius 3 is 2.95 bits per heavy atom. The van der Waals surface area contributed by atoms with E-state index in [2.05, 4.69) is 10.3 Å². The molecule has 3 heterocycles. The van der Waals surface area contributed by atoms with Crippen molar-refractivity contribution in [1.82, 2.24) is 9.55 Å². The average Bonchev–Trinajstić information content (AvgIpc) is 3.06. The van der Waals surface area contributed by atoms with E-state index in [4.69, 9.17) is 0 Å². The lowest BCUT2D eigenvalue weighted by atomic mass is 10.1. The van der Waals surface area contributed by atoms with Crippen LogP contribution in [0.4, 0.5) is 5.82 Å². The van der Waals surface area contributed by atoms with Gasteiger partial charge in [-0.25, -0.2) is 4.98 Å². The molecule has 1 saturated carbocycles. The van der Waals surface area contributed by atoms with Gasteiger partial charge in [0.25, 0.3) is 5.91 Å². The summed E-state index contributed by atoms with van der Waals surface area (Å²) >= 11 is 0. The van der Waals surface area contributed by atoms with Crippen LogP contribution in [-0.4, -0.2) is 21.4 Å². The van der Waals surface area contributed by atoms with Gasteiger partial charge in [0.15, 0.2) is 0 Å². The van der Waals surface area contributed by atoms with Gasteiger partial charge < -0.3 is 5.32 Å². The van der Waals surface area contributed by atoms with Gasteiger partial charge in [0.2, 0.25) is 5.91 Å². The average molecular weight is 267 g/mol. The highest BCUT2D eigenvalue weighted by Crippen LogP contribution is 2.44. The second-order valence-electron chi connectivity index (χ2n) is 5.34. The third-order valence-electron chi connectivity index (χ3n) is 3.79. The summed E-state index contributed by atoms with van der Waals surface area (Å²) in [5.74, 6) is 0.521. The monoisotopic (exact) mass is 267 g/mol. The van der Waals surface area contributed by atoms with Gasteiger partial charge in [-0.15, -0.1) is 0 Å². The van der Waals surface area contributed by atoms with Gasteiger partial charge in [-0.05, 0) is 31.0 Å². The molecule has 1 aliphatic heterocycles. The Bertz CT molecular complexity index is 756. The zero-order valence-corrected chi connectivity index (χ0v) is 11.0. The summed E-state index contributed by atoms with van der Waals surface area (Å²) in [7, 11) is 0. The molecule has 2 aliphatic rings. The van der Waals surface area contributed by atoms with E-state index < -0.39 is 0 Å². The van der Waals surface area contributed by atoms with Crippen molar-refractivity contribution < 1.29 is 9.59 Å². The number of carbonyl (C=O) groups excluding carboxylic acids is 2. The standard InChI is InChI=1S/C15H13N3O2/c1-8(19)16-14-13-10(7-11(17-14)9-4-5-9)12-3-2-6-18(12)15(13)20/h2-3,6-7,9H,4-5H2,1H3,(H,16,17,19). The third kappa shape index (κ3) is 1.52. The van der Waals surface area contributed by atoms with Crippen molar-refractivity contribution >= 4 is 17.6 Å². The number of amides is 1. The van der Waals surface area contributed by atoms with Crippen LogP contribution in [0.25, 0.3) is 11.3 Å². The summed E-state index contributed by atoms with van der Waals surface area (Å²) in [6, 6.07) is 5.76. The molecule has 0 bridgehead atoms. The molecule has 5 nitrogen and oxygen atoms in total. The van der Waals surface area contributed by atoms with Crippen molar-refractivity contribution in [2.45, 2.75) is 25.7 Å². The van der Waals surface area contributed by atoms with Gasteiger partial charge in [0.1, 0.15) is 5.82 Å². The molecule has 0 radical (unpaired) electrons. The van der Waals surface area contributed by atoms with Crippen LogP contribution in [-0.2, 0) is 4.79 Å². The zero-order valence-electron chi connectivity index (χ0n) is 11.0. The van der Waals surface area contributed by atoms with E-state index in [1.807, 2.05) is 18.2 Å².